The van der Waals surface area contributed by atoms with Crippen molar-refractivity contribution in [1.82, 2.24) is 4.90 Å². The molecule has 3 rings (SSSR count). The van der Waals surface area contributed by atoms with E-state index in [1.807, 2.05) is 12.1 Å². The average Bonchev–Trinajstić information content (AvgIpc) is 3.02. The molecule has 0 aromatic heterocycles. The summed E-state index contributed by atoms with van der Waals surface area (Å²) in [6, 6.07) is 8.03. The van der Waals surface area contributed by atoms with Gasteiger partial charge in [-0.25, -0.2) is 0 Å². The summed E-state index contributed by atoms with van der Waals surface area (Å²) in [6.07, 6.45) is 2.74. The van der Waals surface area contributed by atoms with Gasteiger partial charge < -0.3 is 19.9 Å². The molecule has 2 heterocycles. The van der Waals surface area contributed by atoms with Crippen molar-refractivity contribution in [2.24, 2.45) is 11.8 Å². The number of hydrogen-bond acceptors (Lipinski definition) is 4. The fourth-order valence-electron chi connectivity index (χ4n) is 3.63. The van der Waals surface area contributed by atoms with Gasteiger partial charge in [0.15, 0.2) is 0 Å². The first-order chi connectivity index (χ1) is 12.6. The molecule has 6 nitrogen and oxygen atoms in total. The molecule has 0 aliphatic carbocycles. The van der Waals surface area contributed by atoms with Gasteiger partial charge in [-0.05, 0) is 43.0 Å². The molecule has 2 aliphatic rings. The maximum atomic E-state index is 12.5. The maximum absolute atomic E-state index is 12.5. The van der Waals surface area contributed by atoms with E-state index in [0.717, 1.165) is 24.7 Å². The zero-order chi connectivity index (χ0) is 18.5. The Morgan fingerprint density at radius 3 is 2.58 bits per heavy atom. The Morgan fingerprint density at radius 2 is 1.92 bits per heavy atom. The van der Waals surface area contributed by atoms with Crippen LogP contribution >= 0.6 is 0 Å². The molecule has 6 heteroatoms. The number of amides is 2. The maximum Gasteiger partial charge on any atom is 0.229 e. The van der Waals surface area contributed by atoms with Crippen LogP contribution in [-0.2, 0) is 14.3 Å². The topological polar surface area (TPSA) is 61.9 Å². The third kappa shape index (κ3) is 4.55. The molecule has 0 radical (unpaired) electrons. The lowest BCUT2D eigenvalue weighted by atomic mass is 9.99. The molecule has 1 N–H and O–H groups in total. The number of anilines is 2. The second-order valence-electron chi connectivity index (χ2n) is 7.44. The average molecular weight is 359 g/mol. The van der Waals surface area contributed by atoms with Gasteiger partial charge in [0.2, 0.25) is 11.8 Å². The standard InChI is InChI=1S/C20H29N3O3/c1-15-7-9-22(10-8-15)18-5-3-17(4-6-18)21-20(25)16-13-19(24)23(14-16)11-12-26-2/h3-6,15-16H,7-14H2,1-2H3,(H,21,25). The Kier molecular flexibility index (Phi) is 6.14. The normalized spacial score (nSPS) is 21.3. The second kappa shape index (κ2) is 8.54. The molecule has 2 fully saturated rings. The summed E-state index contributed by atoms with van der Waals surface area (Å²) < 4.78 is 5.01. The number of hydrogen-bond donors (Lipinski definition) is 1. The van der Waals surface area contributed by atoms with E-state index in [9.17, 15) is 9.59 Å². The van der Waals surface area contributed by atoms with E-state index in [1.54, 1.807) is 12.0 Å². The summed E-state index contributed by atoms with van der Waals surface area (Å²) in [4.78, 5) is 28.5. The van der Waals surface area contributed by atoms with Gasteiger partial charge >= 0.3 is 0 Å². The molecule has 142 valence electrons. The van der Waals surface area contributed by atoms with Crippen LogP contribution in [0.4, 0.5) is 11.4 Å². The predicted octanol–water partition coefficient (Wildman–Crippen LogP) is 2.36. The minimum Gasteiger partial charge on any atom is -0.383 e. The van der Waals surface area contributed by atoms with Crippen molar-refractivity contribution in [2.45, 2.75) is 26.2 Å². The minimum atomic E-state index is -0.289. The largest absolute Gasteiger partial charge is 0.383 e. The highest BCUT2D eigenvalue weighted by atomic mass is 16.5. The smallest absolute Gasteiger partial charge is 0.229 e. The van der Waals surface area contributed by atoms with Gasteiger partial charge in [0.25, 0.3) is 0 Å². The van der Waals surface area contributed by atoms with Crippen molar-refractivity contribution in [3.05, 3.63) is 24.3 Å². The fraction of sp³-hybridized carbons (Fsp3) is 0.600. The zero-order valence-electron chi connectivity index (χ0n) is 15.7. The Balaban J connectivity index is 1.52. The van der Waals surface area contributed by atoms with Crippen LogP contribution < -0.4 is 10.2 Å². The van der Waals surface area contributed by atoms with Gasteiger partial charge in [-0.3, -0.25) is 9.59 Å². The number of nitrogens with zero attached hydrogens (tertiary/aromatic N) is 2. The van der Waals surface area contributed by atoms with Gasteiger partial charge in [0, 0.05) is 51.1 Å². The third-order valence-electron chi connectivity index (χ3n) is 5.43. The van der Waals surface area contributed by atoms with Gasteiger partial charge in [-0.15, -0.1) is 0 Å². The van der Waals surface area contributed by atoms with Crippen LogP contribution in [0.3, 0.4) is 0 Å². The van der Waals surface area contributed by atoms with Gasteiger partial charge in [-0.2, -0.15) is 0 Å². The van der Waals surface area contributed by atoms with Crippen LogP contribution in [0.2, 0.25) is 0 Å². The van der Waals surface area contributed by atoms with Crippen molar-refractivity contribution in [3.8, 4) is 0 Å². The van der Waals surface area contributed by atoms with Crippen molar-refractivity contribution in [2.75, 3.05) is 50.1 Å². The van der Waals surface area contributed by atoms with Crippen molar-refractivity contribution in [3.63, 3.8) is 0 Å². The molecule has 2 saturated heterocycles. The Hall–Kier alpha value is -2.08. The summed E-state index contributed by atoms with van der Waals surface area (Å²) in [6.45, 7) is 6.00. The molecule has 2 aliphatic heterocycles. The van der Waals surface area contributed by atoms with E-state index in [2.05, 4.69) is 29.3 Å². The van der Waals surface area contributed by atoms with E-state index in [-0.39, 0.29) is 24.2 Å². The monoisotopic (exact) mass is 359 g/mol. The summed E-state index contributed by atoms with van der Waals surface area (Å²) in [5.41, 5.74) is 1.99. The van der Waals surface area contributed by atoms with Crippen molar-refractivity contribution >= 4 is 23.2 Å². The number of methoxy groups -OCH3 is 1. The van der Waals surface area contributed by atoms with Gasteiger partial charge in [0.05, 0.1) is 12.5 Å². The summed E-state index contributed by atoms with van der Waals surface area (Å²) in [5.74, 6) is 0.458. The van der Waals surface area contributed by atoms with E-state index in [4.69, 9.17) is 4.74 Å². The lowest BCUT2D eigenvalue weighted by molar-refractivity contribution is -0.128. The second-order valence-corrected chi connectivity index (χ2v) is 7.44. The fourth-order valence-corrected chi connectivity index (χ4v) is 3.63. The highest BCUT2D eigenvalue weighted by molar-refractivity contribution is 5.97. The minimum absolute atomic E-state index is 0.0249. The summed E-state index contributed by atoms with van der Waals surface area (Å²) in [5, 5.41) is 2.95. The van der Waals surface area contributed by atoms with Crippen LogP contribution in [0.5, 0.6) is 0 Å². The molecule has 1 aromatic carbocycles. The number of nitrogens with one attached hydrogen (secondary N) is 1. The third-order valence-corrected chi connectivity index (χ3v) is 5.43. The molecule has 26 heavy (non-hydrogen) atoms. The van der Waals surface area contributed by atoms with Crippen molar-refractivity contribution in [1.29, 1.82) is 0 Å². The van der Waals surface area contributed by atoms with Crippen LogP contribution in [0.25, 0.3) is 0 Å². The molecule has 1 aromatic rings. The first-order valence-electron chi connectivity index (χ1n) is 9.49. The van der Waals surface area contributed by atoms with Crippen LogP contribution in [0, 0.1) is 11.8 Å². The number of likely N-dealkylation sites (tertiary alicyclic amines) is 1. The van der Waals surface area contributed by atoms with Crippen molar-refractivity contribution < 1.29 is 14.3 Å². The molecule has 1 atom stereocenters. The van der Waals surface area contributed by atoms with E-state index in [0.29, 0.717) is 19.7 Å². The molecule has 0 saturated carbocycles. The molecule has 2 amide bonds. The first-order valence-corrected chi connectivity index (χ1v) is 9.49. The van der Waals surface area contributed by atoms with Crippen LogP contribution in [0.1, 0.15) is 26.2 Å². The SMILES string of the molecule is COCCN1CC(C(=O)Nc2ccc(N3CCC(C)CC3)cc2)CC1=O. The zero-order valence-corrected chi connectivity index (χ0v) is 15.7. The summed E-state index contributed by atoms with van der Waals surface area (Å²) in [7, 11) is 1.61. The van der Waals surface area contributed by atoms with E-state index < -0.39 is 0 Å². The van der Waals surface area contributed by atoms with E-state index >= 15 is 0 Å². The first kappa shape index (κ1) is 18.7. The molecular weight excluding hydrogens is 330 g/mol. The Labute approximate surface area is 155 Å². The highest BCUT2D eigenvalue weighted by Crippen LogP contribution is 2.25. The highest BCUT2D eigenvalue weighted by Gasteiger charge is 2.34. The number of rotatable bonds is 6. The lowest BCUT2D eigenvalue weighted by Crippen LogP contribution is -2.32. The number of carbonyl (C=O) groups excluding carboxylic acids is 2. The van der Waals surface area contributed by atoms with Gasteiger partial charge in [-0.1, -0.05) is 6.92 Å². The number of ether oxygens (including phenoxy) is 1. The Bertz CT molecular complexity index is 624. The lowest BCUT2D eigenvalue weighted by Gasteiger charge is -2.32. The summed E-state index contributed by atoms with van der Waals surface area (Å²) >= 11 is 0. The molecule has 0 bridgehead atoms. The van der Waals surface area contributed by atoms with E-state index in [1.165, 1.54) is 18.5 Å². The van der Waals surface area contributed by atoms with Gasteiger partial charge in [0.1, 0.15) is 0 Å². The van der Waals surface area contributed by atoms with Crippen LogP contribution in [-0.4, -0.2) is 56.6 Å². The Morgan fingerprint density at radius 1 is 1.23 bits per heavy atom. The molecule has 1 unspecified atom stereocenters. The number of piperidine rings is 1. The number of carbonyl (C=O) groups is 2. The molecular formula is C20H29N3O3. The van der Waals surface area contributed by atoms with Crippen LogP contribution in [0.15, 0.2) is 24.3 Å². The predicted molar refractivity (Wildman–Crippen MR) is 102 cm³/mol. The molecule has 0 spiro atoms. The quantitative estimate of drug-likeness (QED) is 0.847. The number of benzene rings is 1.